The molecule has 2 rings (SSSR count). The molecule has 0 aliphatic carbocycles. The molecule has 1 N–H and O–H groups in total. The van der Waals surface area contributed by atoms with Gasteiger partial charge in [0.05, 0.1) is 12.2 Å². The predicted octanol–water partition coefficient (Wildman–Crippen LogP) is 1.29. The average molecular weight is 293 g/mol. The zero-order valence-corrected chi connectivity index (χ0v) is 13.4. The summed E-state index contributed by atoms with van der Waals surface area (Å²) in [6.07, 6.45) is 4.03. The summed E-state index contributed by atoms with van der Waals surface area (Å²) >= 11 is 0. The van der Waals surface area contributed by atoms with Crippen LogP contribution >= 0.6 is 0 Å². The number of aryl methyl sites for hydroxylation is 1. The Morgan fingerprint density at radius 2 is 2.38 bits per heavy atom. The zero-order chi connectivity index (χ0) is 15.2. The van der Waals surface area contributed by atoms with Gasteiger partial charge in [0.15, 0.2) is 0 Å². The Hall–Kier alpha value is -1.56. The van der Waals surface area contributed by atoms with Gasteiger partial charge in [-0.15, -0.1) is 0 Å². The molecule has 0 aromatic carbocycles. The minimum Gasteiger partial charge on any atom is -0.332 e. The number of hydrogen-bond acceptors (Lipinski definition) is 3. The van der Waals surface area contributed by atoms with E-state index in [0.29, 0.717) is 12.5 Å². The van der Waals surface area contributed by atoms with Crippen LogP contribution in [0.2, 0.25) is 0 Å². The van der Waals surface area contributed by atoms with Crippen LogP contribution in [0.1, 0.15) is 25.5 Å². The average Bonchev–Trinajstić information content (AvgIpc) is 3.06. The lowest BCUT2D eigenvalue weighted by Gasteiger charge is -2.21. The molecule has 0 spiro atoms. The van der Waals surface area contributed by atoms with E-state index in [-0.39, 0.29) is 6.03 Å². The van der Waals surface area contributed by atoms with Crippen LogP contribution in [-0.4, -0.2) is 58.8 Å². The first kappa shape index (κ1) is 15.8. The summed E-state index contributed by atoms with van der Waals surface area (Å²) in [6, 6.07) is 1.96. The molecule has 0 unspecified atom stereocenters. The normalized spacial score (nSPS) is 18.5. The van der Waals surface area contributed by atoms with Crippen LogP contribution in [0.4, 0.5) is 4.79 Å². The molecule has 21 heavy (non-hydrogen) atoms. The van der Waals surface area contributed by atoms with Gasteiger partial charge in [-0.2, -0.15) is 5.10 Å². The SMILES string of the molecule is CCCN(C)C[C@H]1CCN(C(=O)NCc2ccnn2C)C1. The lowest BCUT2D eigenvalue weighted by molar-refractivity contribution is 0.203. The van der Waals surface area contributed by atoms with Crippen molar-refractivity contribution in [2.75, 3.05) is 33.2 Å². The molecule has 1 atom stereocenters. The molecule has 0 bridgehead atoms. The fourth-order valence-corrected chi connectivity index (χ4v) is 2.93. The summed E-state index contributed by atoms with van der Waals surface area (Å²) in [6.45, 7) is 6.67. The van der Waals surface area contributed by atoms with Crippen molar-refractivity contribution in [1.82, 2.24) is 24.9 Å². The lowest BCUT2D eigenvalue weighted by Crippen LogP contribution is -2.39. The third-order valence-electron chi connectivity index (χ3n) is 4.09. The van der Waals surface area contributed by atoms with E-state index in [0.717, 1.165) is 38.3 Å². The van der Waals surface area contributed by atoms with Crippen molar-refractivity contribution in [1.29, 1.82) is 0 Å². The van der Waals surface area contributed by atoms with Crippen molar-refractivity contribution < 1.29 is 4.79 Å². The Morgan fingerprint density at radius 3 is 3.05 bits per heavy atom. The lowest BCUT2D eigenvalue weighted by atomic mass is 10.1. The maximum absolute atomic E-state index is 12.2. The summed E-state index contributed by atoms with van der Waals surface area (Å²) < 4.78 is 1.78. The standard InChI is InChI=1S/C15H27N5O/c1-4-8-18(2)11-13-6-9-20(12-13)15(21)16-10-14-5-7-17-19(14)3/h5,7,13H,4,6,8-12H2,1-3H3,(H,16,21)/t13-/m1/s1. The minimum atomic E-state index is 0.0387. The third kappa shape index (κ3) is 4.46. The number of urea groups is 1. The molecule has 2 heterocycles. The molecule has 6 nitrogen and oxygen atoms in total. The molecular formula is C15H27N5O. The number of nitrogens with one attached hydrogen (secondary N) is 1. The van der Waals surface area contributed by atoms with Gasteiger partial charge in [-0.05, 0) is 38.4 Å². The third-order valence-corrected chi connectivity index (χ3v) is 4.09. The fourth-order valence-electron chi connectivity index (χ4n) is 2.93. The minimum absolute atomic E-state index is 0.0387. The molecule has 0 saturated carbocycles. The number of carbonyl (C=O) groups is 1. The van der Waals surface area contributed by atoms with Crippen LogP contribution in [0.3, 0.4) is 0 Å². The van der Waals surface area contributed by atoms with Gasteiger partial charge >= 0.3 is 6.03 Å². The van der Waals surface area contributed by atoms with E-state index < -0.39 is 0 Å². The van der Waals surface area contributed by atoms with Crippen molar-refractivity contribution in [2.45, 2.75) is 26.3 Å². The van der Waals surface area contributed by atoms with Crippen LogP contribution < -0.4 is 5.32 Å². The van der Waals surface area contributed by atoms with Crippen LogP contribution in [0.25, 0.3) is 0 Å². The first-order chi connectivity index (χ1) is 10.1. The summed E-state index contributed by atoms with van der Waals surface area (Å²) in [5, 5.41) is 7.08. The topological polar surface area (TPSA) is 53.4 Å². The predicted molar refractivity (Wildman–Crippen MR) is 82.9 cm³/mol. The Kier molecular flexibility index (Phi) is 5.61. The smallest absolute Gasteiger partial charge is 0.317 e. The summed E-state index contributed by atoms with van der Waals surface area (Å²) in [7, 11) is 4.05. The number of likely N-dealkylation sites (tertiary alicyclic amines) is 1. The van der Waals surface area contributed by atoms with Gasteiger partial charge in [0.1, 0.15) is 0 Å². The second-order valence-electron chi connectivity index (χ2n) is 5.97. The van der Waals surface area contributed by atoms with Gasteiger partial charge in [-0.25, -0.2) is 4.79 Å². The van der Waals surface area contributed by atoms with E-state index in [1.165, 1.54) is 6.42 Å². The molecule has 1 aromatic heterocycles. The van der Waals surface area contributed by atoms with Gasteiger partial charge in [-0.1, -0.05) is 6.92 Å². The Labute approximate surface area is 127 Å². The maximum Gasteiger partial charge on any atom is 0.317 e. The zero-order valence-electron chi connectivity index (χ0n) is 13.4. The summed E-state index contributed by atoms with van der Waals surface area (Å²) in [4.78, 5) is 16.5. The largest absolute Gasteiger partial charge is 0.332 e. The highest BCUT2D eigenvalue weighted by Crippen LogP contribution is 2.17. The molecule has 1 saturated heterocycles. The van der Waals surface area contributed by atoms with Crippen molar-refractivity contribution in [3.8, 4) is 0 Å². The highest BCUT2D eigenvalue weighted by atomic mass is 16.2. The highest BCUT2D eigenvalue weighted by Gasteiger charge is 2.26. The fraction of sp³-hybridized carbons (Fsp3) is 0.733. The van der Waals surface area contributed by atoms with Crippen LogP contribution in [0, 0.1) is 5.92 Å². The second-order valence-corrected chi connectivity index (χ2v) is 5.97. The second kappa shape index (κ2) is 7.45. The van der Waals surface area contributed by atoms with Gasteiger partial charge in [-0.3, -0.25) is 4.68 Å². The quantitative estimate of drug-likeness (QED) is 0.860. The number of rotatable bonds is 6. The van der Waals surface area contributed by atoms with Crippen LogP contribution in [-0.2, 0) is 13.6 Å². The molecule has 1 aliphatic heterocycles. The van der Waals surface area contributed by atoms with Gasteiger partial charge in [0.25, 0.3) is 0 Å². The van der Waals surface area contributed by atoms with Crippen molar-refractivity contribution in [3.05, 3.63) is 18.0 Å². The molecule has 1 aromatic rings. The van der Waals surface area contributed by atoms with E-state index >= 15 is 0 Å². The van der Waals surface area contributed by atoms with Gasteiger partial charge < -0.3 is 15.1 Å². The Balaban J connectivity index is 1.73. The molecule has 1 aliphatic rings. The molecule has 118 valence electrons. The number of hydrogen-bond donors (Lipinski definition) is 1. The summed E-state index contributed by atoms with van der Waals surface area (Å²) in [5.41, 5.74) is 1.02. The molecular weight excluding hydrogens is 266 g/mol. The van der Waals surface area contributed by atoms with Crippen molar-refractivity contribution >= 4 is 6.03 Å². The molecule has 2 amide bonds. The number of amides is 2. The van der Waals surface area contributed by atoms with E-state index in [1.54, 1.807) is 10.9 Å². The molecule has 6 heteroatoms. The number of carbonyl (C=O) groups excluding carboxylic acids is 1. The van der Waals surface area contributed by atoms with E-state index in [9.17, 15) is 4.79 Å². The molecule has 1 fully saturated rings. The van der Waals surface area contributed by atoms with E-state index in [1.807, 2.05) is 18.0 Å². The highest BCUT2D eigenvalue weighted by molar-refractivity contribution is 5.74. The first-order valence-electron chi connectivity index (χ1n) is 7.78. The van der Waals surface area contributed by atoms with Crippen molar-refractivity contribution in [3.63, 3.8) is 0 Å². The van der Waals surface area contributed by atoms with E-state index in [2.05, 4.69) is 29.3 Å². The van der Waals surface area contributed by atoms with Crippen LogP contribution in [0.15, 0.2) is 12.3 Å². The molecule has 0 radical (unpaired) electrons. The van der Waals surface area contributed by atoms with Gasteiger partial charge in [0.2, 0.25) is 0 Å². The summed E-state index contributed by atoms with van der Waals surface area (Å²) in [5.74, 6) is 0.601. The Bertz CT molecular complexity index is 459. The Morgan fingerprint density at radius 1 is 1.57 bits per heavy atom. The number of nitrogens with zero attached hydrogens (tertiary/aromatic N) is 4. The van der Waals surface area contributed by atoms with Gasteiger partial charge in [0, 0.05) is 32.9 Å². The number of aromatic nitrogens is 2. The first-order valence-corrected chi connectivity index (χ1v) is 7.78. The van der Waals surface area contributed by atoms with E-state index in [4.69, 9.17) is 0 Å². The maximum atomic E-state index is 12.2. The monoisotopic (exact) mass is 293 g/mol. The van der Waals surface area contributed by atoms with Crippen molar-refractivity contribution in [2.24, 2.45) is 13.0 Å². The van der Waals surface area contributed by atoms with Crippen LogP contribution in [0.5, 0.6) is 0 Å².